The molecule has 31 heavy (non-hydrogen) atoms. The number of carbonyl (C=O) groups excluding carboxylic acids is 3. The molecule has 0 radical (unpaired) electrons. The summed E-state index contributed by atoms with van der Waals surface area (Å²) in [6, 6.07) is 10.8. The molecule has 0 spiro atoms. The Kier molecular flexibility index (Phi) is 6.32. The summed E-state index contributed by atoms with van der Waals surface area (Å²) in [5, 5.41) is 17.0. The number of amides is 3. The molecule has 3 amide bonds. The molecule has 2 aromatic heterocycles. The van der Waals surface area contributed by atoms with Crippen molar-refractivity contribution in [1.82, 2.24) is 25.6 Å². The molecule has 0 saturated carbocycles. The fraction of sp³-hybridized carbons (Fsp3) is 0.300. The van der Waals surface area contributed by atoms with Gasteiger partial charge in [-0.1, -0.05) is 46.8 Å². The first-order chi connectivity index (χ1) is 15.1. The molecule has 1 aromatic carbocycles. The van der Waals surface area contributed by atoms with Gasteiger partial charge in [-0.15, -0.1) is 10.2 Å². The van der Waals surface area contributed by atoms with Gasteiger partial charge in [0.15, 0.2) is 11.5 Å². The Morgan fingerprint density at radius 3 is 2.65 bits per heavy atom. The second-order valence-electron chi connectivity index (χ2n) is 7.01. The highest BCUT2D eigenvalue weighted by molar-refractivity contribution is 7.13. The van der Waals surface area contributed by atoms with Crippen LogP contribution in [0.15, 0.2) is 46.4 Å². The minimum atomic E-state index is -0.481. The molecule has 2 N–H and O–H groups in total. The van der Waals surface area contributed by atoms with Gasteiger partial charge in [0.05, 0.1) is 6.54 Å². The summed E-state index contributed by atoms with van der Waals surface area (Å²) in [6.07, 6.45) is 1.10. The fourth-order valence-electron chi connectivity index (χ4n) is 3.31. The summed E-state index contributed by atoms with van der Waals surface area (Å²) in [6.45, 7) is 0.754. The lowest BCUT2D eigenvalue weighted by Crippen LogP contribution is -2.45. The molecule has 3 heterocycles. The van der Waals surface area contributed by atoms with E-state index < -0.39 is 5.91 Å². The van der Waals surface area contributed by atoms with Crippen LogP contribution in [0.2, 0.25) is 0 Å². The van der Waals surface area contributed by atoms with E-state index in [1.54, 1.807) is 10.4 Å². The van der Waals surface area contributed by atoms with Crippen LogP contribution in [0.1, 0.15) is 23.3 Å². The maximum Gasteiger partial charge on any atom is 0.273 e. The number of rotatable bonds is 6. The minimum absolute atomic E-state index is 0.110. The third-order valence-electron chi connectivity index (χ3n) is 5.01. The van der Waals surface area contributed by atoms with E-state index in [0.717, 1.165) is 5.56 Å². The summed E-state index contributed by atoms with van der Waals surface area (Å²) in [5.74, 6) is -0.508. The van der Waals surface area contributed by atoms with Crippen molar-refractivity contribution in [3.63, 3.8) is 0 Å². The van der Waals surface area contributed by atoms with E-state index in [4.69, 9.17) is 4.52 Å². The lowest BCUT2D eigenvalue weighted by molar-refractivity contribution is -0.133. The van der Waals surface area contributed by atoms with Crippen LogP contribution in [0.5, 0.6) is 0 Å². The predicted molar refractivity (Wildman–Crippen MR) is 112 cm³/mol. The molecule has 0 unspecified atom stereocenters. The molecule has 10 nitrogen and oxygen atoms in total. The molecule has 160 valence electrons. The van der Waals surface area contributed by atoms with Crippen LogP contribution < -0.4 is 10.6 Å². The van der Waals surface area contributed by atoms with E-state index in [9.17, 15) is 14.4 Å². The van der Waals surface area contributed by atoms with Gasteiger partial charge in [-0.05, 0) is 12.8 Å². The van der Waals surface area contributed by atoms with Crippen LogP contribution in [-0.4, -0.2) is 57.6 Å². The highest BCUT2D eigenvalue weighted by Gasteiger charge is 2.28. The van der Waals surface area contributed by atoms with Crippen molar-refractivity contribution in [2.24, 2.45) is 5.92 Å². The lowest BCUT2D eigenvalue weighted by Gasteiger charge is -2.31. The predicted octanol–water partition coefficient (Wildman–Crippen LogP) is 1.80. The van der Waals surface area contributed by atoms with Gasteiger partial charge in [0.2, 0.25) is 16.9 Å². The number of likely N-dealkylation sites (tertiary alicyclic amines) is 1. The smallest absolute Gasteiger partial charge is 0.273 e. The normalized spacial score (nSPS) is 14.3. The number of hydrogen-bond donors (Lipinski definition) is 2. The van der Waals surface area contributed by atoms with Crippen LogP contribution in [0.3, 0.4) is 0 Å². The quantitative estimate of drug-likeness (QED) is 0.598. The third kappa shape index (κ3) is 5.12. The Morgan fingerprint density at radius 1 is 1.16 bits per heavy atom. The first-order valence-corrected chi connectivity index (χ1v) is 10.6. The summed E-state index contributed by atoms with van der Waals surface area (Å²) < 4.78 is 5.21. The summed E-state index contributed by atoms with van der Waals surface area (Å²) in [5.41, 5.74) is 2.47. The highest BCUT2D eigenvalue weighted by Crippen LogP contribution is 2.21. The van der Waals surface area contributed by atoms with Crippen LogP contribution in [0, 0.1) is 5.92 Å². The zero-order valence-electron chi connectivity index (χ0n) is 16.5. The number of anilines is 1. The molecule has 11 heteroatoms. The maximum atomic E-state index is 12.4. The zero-order valence-corrected chi connectivity index (χ0v) is 17.3. The lowest BCUT2D eigenvalue weighted by atomic mass is 9.96. The topological polar surface area (TPSA) is 130 Å². The van der Waals surface area contributed by atoms with Gasteiger partial charge >= 0.3 is 0 Å². The molecule has 1 aliphatic heterocycles. The molecule has 1 aliphatic rings. The zero-order chi connectivity index (χ0) is 21.6. The fourth-order valence-corrected chi connectivity index (χ4v) is 3.75. The average Bonchev–Trinajstić information content (AvgIpc) is 3.50. The minimum Gasteiger partial charge on any atom is -0.355 e. The molecular weight excluding hydrogens is 420 g/mol. The van der Waals surface area contributed by atoms with Crippen molar-refractivity contribution in [2.75, 3.05) is 25.0 Å². The van der Waals surface area contributed by atoms with E-state index in [1.165, 1.54) is 17.4 Å². The molecule has 3 aromatic rings. The van der Waals surface area contributed by atoms with E-state index >= 15 is 0 Å². The van der Waals surface area contributed by atoms with Gasteiger partial charge in [-0.25, -0.2) is 0 Å². The molecule has 1 fully saturated rings. The Balaban J connectivity index is 1.23. The van der Waals surface area contributed by atoms with Gasteiger partial charge in [0, 0.05) is 30.6 Å². The van der Waals surface area contributed by atoms with Crippen molar-refractivity contribution in [3.8, 4) is 11.3 Å². The highest BCUT2D eigenvalue weighted by atomic mass is 32.1. The third-order valence-corrected chi connectivity index (χ3v) is 5.62. The van der Waals surface area contributed by atoms with E-state index in [2.05, 4.69) is 26.0 Å². The second-order valence-corrected chi connectivity index (χ2v) is 7.85. The van der Waals surface area contributed by atoms with Crippen molar-refractivity contribution in [1.29, 1.82) is 0 Å². The number of hydrogen-bond acceptors (Lipinski definition) is 8. The van der Waals surface area contributed by atoms with Gasteiger partial charge < -0.3 is 20.1 Å². The largest absolute Gasteiger partial charge is 0.355 e. The number of nitrogens with one attached hydrogen (secondary N) is 2. The van der Waals surface area contributed by atoms with Gasteiger partial charge in [0.25, 0.3) is 5.91 Å². The molecule has 1 saturated heterocycles. The second kappa shape index (κ2) is 9.47. The summed E-state index contributed by atoms with van der Waals surface area (Å²) in [4.78, 5) is 38.7. The first kappa shape index (κ1) is 20.7. The van der Waals surface area contributed by atoms with Crippen molar-refractivity contribution >= 4 is 34.2 Å². The monoisotopic (exact) mass is 440 g/mol. The van der Waals surface area contributed by atoms with Crippen LogP contribution >= 0.6 is 11.3 Å². The Morgan fingerprint density at radius 2 is 1.94 bits per heavy atom. The van der Waals surface area contributed by atoms with E-state index in [-0.39, 0.29) is 30.0 Å². The van der Waals surface area contributed by atoms with E-state index in [1.807, 2.05) is 30.3 Å². The number of piperidine rings is 1. The molecule has 0 aliphatic carbocycles. The Bertz CT molecular complexity index is 1040. The van der Waals surface area contributed by atoms with Crippen LogP contribution in [0.25, 0.3) is 11.3 Å². The number of carbonyl (C=O) groups is 3. The van der Waals surface area contributed by atoms with Crippen molar-refractivity contribution < 1.29 is 18.9 Å². The van der Waals surface area contributed by atoms with Crippen LogP contribution in [-0.2, 0) is 9.59 Å². The Labute approximate surface area is 181 Å². The number of nitrogens with zero attached hydrogens (tertiary/aromatic N) is 4. The summed E-state index contributed by atoms with van der Waals surface area (Å²) >= 11 is 1.26. The molecule has 0 bridgehead atoms. The van der Waals surface area contributed by atoms with Gasteiger partial charge in [-0.2, -0.15) is 0 Å². The summed E-state index contributed by atoms with van der Waals surface area (Å²) in [7, 11) is 0. The average molecular weight is 440 g/mol. The standard InChI is InChI=1S/C20H20N6O4S/c27-17(26-8-6-14(7-9-26)18(28)23-20-24-22-12-31-20)11-21-19(29)15-10-16(30-25-15)13-4-2-1-3-5-13/h1-5,10,12,14H,6-9,11H2,(H,21,29)(H,23,24,28). The van der Waals surface area contributed by atoms with E-state index in [0.29, 0.717) is 36.8 Å². The number of aromatic nitrogens is 3. The first-order valence-electron chi connectivity index (χ1n) is 9.75. The van der Waals surface area contributed by atoms with Crippen molar-refractivity contribution in [3.05, 3.63) is 47.6 Å². The number of benzene rings is 1. The van der Waals surface area contributed by atoms with Crippen molar-refractivity contribution in [2.45, 2.75) is 12.8 Å². The van der Waals surface area contributed by atoms with Gasteiger partial charge in [0.1, 0.15) is 5.51 Å². The SMILES string of the molecule is O=C(NCC(=O)N1CCC(C(=O)Nc2nncs2)CC1)c1cc(-c2ccccc2)on1. The van der Waals surface area contributed by atoms with Crippen LogP contribution in [0.4, 0.5) is 5.13 Å². The molecule has 4 rings (SSSR count). The Hall–Kier alpha value is -3.60. The molecular formula is C20H20N6O4S. The molecule has 0 atom stereocenters. The van der Waals surface area contributed by atoms with Gasteiger partial charge in [-0.3, -0.25) is 14.4 Å². The maximum absolute atomic E-state index is 12.4.